The molecule has 4 aromatic carbocycles. The largest absolute Gasteiger partial charge is 0.207 e. The summed E-state index contributed by atoms with van der Waals surface area (Å²) in [7, 11) is 0. The third-order valence-electron chi connectivity index (χ3n) is 5.01. The van der Waals surface area contributed by atoms with E-state index in [1.54, 1.807) is 24.3 Å². The number of hydrogen-bond donors (Lipinski definition) is 0. The zero-order chi connectivity index (χ0) is 20.2. The standard InChI is InChI=1S/C27H20F2/c1-2-6-20-13-18-25(19-9-14-23(28)15-10-19)27(22-11-16-24(29)17-12-22)26(20)21-7-4-3-5-8-21/h2-5,7-18H,1,6H2. The van der Waals surface area contributed by atoms with Gasteiger partial charge in [0.2, 0.25) is 0 Å². The van der Waals surface area contributed by atoms with E-state index in [4.69, 9.17) is 0 Å². The summed E-state index contributed by atoms with van der Waals surface area (Å²) in [5.41, 5.74) is 7.09. The van der Waals surface area contributed by atoms with Crippen LogP contribution in [0, 0.1) is 11.6 Å². The quantitative estimate of drug-likeness (QED) is 0.310. The van der Waals surface area contributed by atoms with Crippen LogP contribution in [0.25, 0.3) is 33.4 Å². The monoisotopic (exact) mass is 382 g/mol. The Morgan fingerprint density at radius 3 is 1.72 bits per heavy atom. The van der Waals surface area contributed by atoms with E-state index in [1.807, 2.05) is 24.3 Å². The topological polar surface area (TPSA) is 0 Å². The Hall–Kier alpha value is -3.52. The van der Waals surface area contributed by atoms with Crippen molar-refractivity contribution < 1.29 is 8.78 Å². The third kappa shape index (κ3) is 3.88. The van der Waals surface area contributed by atoms with Gasteiger partial charge in [0.05, 0.1) is 0 Å². The summed E-state index contributed by atoms with van der Waals surface area (Å²) in [6.45, 7) is 3.90. The molecule has 0 saturated carbocycles. The minimum absolute atomic E-state index is 0.274. The van der Waals surface area contributed by atoms with Gasteiger partial charge in [-0.15, -0.1) is 6.58 Å². The molecular formula is C27H20F2. The van der Waals surface area contributed by atoms with Crippen LogP contribution in [0.15, 0.2) is 104 Å². The molecule has 0 heterocycles. The highest BCUT2D eigenvalue weighted by Crippen LogP contribution is 2.42. The van der Waals surface area contributed by atoms with E-state index in [2.05, 4.69) is 30.8 Å². The van der Waals surface area contributed by atoms with Gasteiger partial charge in [-0.05, 0) is 69.6 Å². The lowest BCUT2D eigenvalue weighted by molar-refractivity contribution is 0.627. The van der Waals surface area contributed by atoms with E-state index in [0.29, 0.717) is 6.42 Å². The van der Waals surface area contributed by atoms with Crippen molar-refractivity contribution in [1.82, 2.24) is 0 Å². The first-order chi connectivity index (χ1) is 14.2. The molecule has 2 heteroatoms. The zero-order valence-corrected chi connectivity index (χ0v) is 15.9. The highest BCUT2D eigenvalue weighted by atomic mass is 19.1. The molecule has 0 spiro atoms. The van der Waals surface area contributed by atoms with E-state index in [9.17, 15) is 8.78 Å². The molecule has 0 aliphatic carbocycles. The molecule has 0 fully saturated rings. The Balaban J connectivity index is 2.07. The second kappa shape index (κ2) is 8.24. The minimum Gasteiger partial charge on any atom is -0.207 e. The minimum atomic E-state index is -0.277. The summed E-state index contributed by atoms with van der Waals surface area (Å²) >= 11 is 0. The van der Waals surface area contributed by atoms with Gasteiger partial charge in [0, 0.05) is 0 Å². The first-order valence-corrected chi connectivity index (χ1v) is 9.51. The summed E-state index contributed by atoms with van der Waals surface area (Å²) in [5.74, 6) is -0.552. The molecule has 0 bridgehead atoms. The fraction of sp³-hybridized carbons (Fsp3) is 0.0370. The predicted molar refractivity (Wildman–Crippen MR) is 117 cm³/mol. The van der Waals surface area contributed by atoms with Gasteiger partial charge in [0.15, 0.2) is 0 Å². The van der Waals surface area contributed by atoms with Crippen LogP contribution in [0.4, 0.5) is 8.78 Å². The van der Waals surface area contributed by atoms with Crippen molar-refractivity contribution in [3.63, 3.8) is 0 Å². The Kier molecular flexibility index (Phi) is 5.35. The highest BCUT2D eigenvalue weighted by Gasteiger charge is 2.17. The maximum absolute atomic E-state index is 13.6. The molecule has 0 atom stereocenters. The van der Waals surface area contributed by atoms with Gasteiger partial charge in [0.1, 0.15) is 11.6 Å². The van der Waals surface area contributed by atoms with Crippen molar-refractivity contribution in [3.8, 4) is 33.4 Å². The van der Waals surface area contributed by atoms with E-state index >= 15 is 0 Å². The SMILES string of the molecule is C=CCc1ccc(-c2ccc(F)cc2)c(-c2ccc(F)cc2)c1-c1ccccc1. The van der Waals surface area contributed by atoms with Crippen LogP contribution < -0.4 is 0 Å². The Morgan fingerprint density at radius 1 is 0.586 bits per heavy atom. The second-order valence-electron chi connectivity index (χ2n) is 6.89. The molecule has 0 radical (unpaired) electrons. The summed E-state index contributed by atoms with van der Waals surface area (Å²) in [6.07, 6.45) is 2.59. The molecule has 0 aliphatic rings. The zero-order valence-electron chi connectivity index (χ0n) is 15.9. The maximum atomic E-state index is 13.6. The van der Waals surface area contributed by atoms with Crippen molar-refractivity contribution in [1.29, 1.82) is 0 Å². The van der Waals surface area contributed by atoms with Crippen molar-refractivity contribution >= 4 is 0 Å². The van der Waals surface area contributed by atoms with Gasteiger partial charge in [-0.25, -0.2) is 8.78 Å². The molecular weight excluding hydrogens is 362 g/mol. The van der Waals surface area contributed by atoms with Crippen molar-refractivity contribution in [3.05, 3.63) is 121 Å². The maximum Gasteiger partial charge on any atom is 0.123 e. The molecule has 0 saturated heterocycles. The van der Waals surface area contributed by atoms with Gasteiger partial charge in [-0.1, -0.05) is 72.8 Å². The fourth-order valence-corrected chi connectivity index (χ4v) is 3.69. The van der Waals surface area contributed by atoms with Gasteiger partial charge in [-0.3, -0.25) is 0 Å². The molecule has 142 valence electrons. The van der Waals surface area contributed by atoms with Crippen LogP contribution in [-0.2, 0) is 6.42 Å². The second-order valence-corrected chi connectivity index (χ2v) is 6.89. The van der Waals surface area contributed by atoms with E-state index in [0.717, 1.165) is 38.9 Å². The Morgan fingerprint density at radius 2 is 1.14 bits per heavy atom. The smallest absolute Gasteiger partial charge is 0.123 e. The lowest BCUT2D eigenvalue weighted by atomic mass is 9.84. The average molecular weight is 382 g/mol. The number of allylic oxidation sites excluding steroid dienone is 1. The van der Waals surface area contributed by atoms with Gasteiger partial charge in [-0.2, -0.15) is 0 Å². The molecule has 0 aromatic heterocycles. The summed E-state index contributed by atoms with van der Waals surface area (Å²) in [6, 6.07) is 27.3. The number of benzene rings is 4. The predicted octanol–water partition coefficient (Wildman–Crippen LogP) is 7.69. The highest BCUT2D eigenvalue weighted by molar-refractivity contribution is 5.96. The molecule has 4 aromatic rings. The van der Waals surface area contributed by atoms with Crippen LogP contribution in [0.5, 0.6) is 0 Å². The molecule has 0 nitrogen and oxygen atoms in total. The number of halogens is 2. The van der Waals surface area contributed by atoms with Crippen molar-refractivity contribution in [2.75, 3.05) is 0 Å². The van der Waals surface area contributed by atoms with Crippen molar-refractivity contribution in [2.24, 2.45) is 0 Å². The molecule has 0 amide bonds. The molecule has 0 unspecified atom stereocenters. The van der Waals surface area contributed by atoms with E-state index < -0.39 is 0 Å². The van der Waals surface area contributed by atoms with Gasteiger partial charge in [0.25, 0.3) is 0 Å². The van der Waals surface area contributed by atoms with Crippen molar-refractivity contribution in [2.45, 2.75) is 6.42 Å². The fourth-order valence-electron chi connectivity index (χ4n) is 3.69. The van der Waals surface area contributed by atoms with Crippen LogP contribution in [-0.4, -0.2) is 0 Å². The van der Waals surface area contributed by atoms with E-state index in [-0.39, 0.29) is 11.6 Å². The first-order valence-electron chi connectivity index (χ1n) is 9.51. The lowest BCUT2D eigenvalue weighted by Gasteiger charge is -2.20. The molecule has 4 rings (SSSR count). The Bertz CT molecular complexity index is 1130. The Labute approximate surface area is 169 Å². The average Bonchev–Trinajstić information content (AvgIpc) is 2.75. The van der Waals surface area contributed by atoms with Gasteiger partial charge < -0.3 is 0 Å². The first kappa shape index (κ1) is 18.8. The number of hydrogen-bond acceptors (Lipinski definition) is 0. The van der Waals surface area contributed by atoms with E-state index in [1.165, 1.54) is 24.3 Å². The van der Waals surface area contributed by atoms with Crippen LogP contribution in [0.3, 0.4) is 0 Å². The summed E-state index contributed by atoms with van der Waals surface area (Å²) in [5, 5.41) is 0. The van der Waals surface area contributed by atoms with Gasteiger partial charge >= 0.3 is 0 Å². The normalized spacial score (nSPS) is 10.7. The van der Waals surface area contributed by atoms with Crippen LogP contribution in [0.2, 0.25) is 0 Å². The lowest BCUT2D eigenvalue weighted by Crippen LogP contribution is -1.96. The summed E-state index contributed by atoms with van der Waals surface area (Å²) in [4.78, 5) is 0. The molecule has 0 N–H and O–H groups in total. The summed E-state index contributed by atoms with van der Waals surface area (Å²) < 4.78 is 27.2. The molecule has 29 heavy (non-hydrogen) atoms. The molecule has 0 aliphatic heterocycles. The van der Waals surface area contributed by atoms with Crippen LogP contribution >= 0.6 is 0 Å². The van der Waals surface area contributed by atoms with Crippen LogP contribution in [0.1, 0.15) is 5.56 Å². The number of rotatable bonds is 5. The third-order valence-corrected chi connectivity index (χ3v) is 5.01.